The lowest BCUT2D eigenvalue weighted by Gasteiger charge is -2.27. The highest BCUT2D eigenvalue weighted by Crippen LogP contribution is 2.21. The molecule has 0 radical (unpaired) electrons. The van der Waals surface area contributed by atoms with E-state index in [-0.39, 0.29) is 12.5 Å². The van der Waals surface area contributed by atoms with Crippen LogP contribution in [-0.2, 0) is 16.1 Å². The number of hydrogen-bond donors (Lipinski definition) is 1. The maximum Gasteiger partial charge on any atom is 0.410 e. The third-order valence-corrected chi connectivity index (χ3v) is 3.30. The van der Waals surface area contributed by atoms with Crippen LogP contribution < -0.4 is 5.32 Å². The number of nitrogens with one attached hydrogen (secondary N) is 1. The van der Waals surface area contributed by atoms with Crippen LogP contribution in [0.15, 0.2) is 10.6 Å². The molecule has 0 bridgehead atoms. The highest BCUT2D eigenvalue weighted by atomic mass is 16.6. The normalized spacial score (nSPS) is 18.4. The molecule has 1 aliphatic heterocycles. The zero-order valence-corrected chi connectivity index (χ0v) is 13.5. The van der Waals surface area contributed by atoms with Crippen LogP contribution in [0.5, 0.6) is 0 Å². The number of rotatable bonds is 3. The Labute approximate surface area is 130 Å². The second-order valence-electron chi connectivity index (χ2n) is 6.48. The fraction of sp³-hybridized carbons (Fsp3) is 0.667. The summed E-state index contributed by atoms with van der Waals surface area (Å²) < 4.78 is 10.3. The fourth-order valence-corrected chi connectivity index (χ4v) is 2.38. The summed E-state index contributed by atoms with van der Waals surface area (Å²) in [6, 6.07) is 1.28. The standard InChI is InChI=1S/C15H23N3O4/c1-10-8-11(17-22-10)9-16-13(19)12-6-5-7-18(12)14(20)21-15(2,3)4/h8,12H,5-7,9H2,1-4H3,(H,16,19)/t12-/m1/s1. The second-order valence-corrected chi connectivity index (χ2v) is 6.48. The molecule has 1 aliphatic rings. The SMILES string of the molecule is Cc1cc(CNC(=O)[C@H]2CCCN2C(=O)OC(C)(C)C)no1. The van der Waals surface area contributed by atoms with Crippen molar-refractivity contribution in [3.63, 3.8) is 0 Å². The van der Waals surface area contributed by atoms with E-state index in [0.717, 1.165) is 6.42 Å². The number of ether oxygens (including phenoxy) is 1. The summed E-state index contributed by atoms with van der Waals surface area (Å²) in [7, 11) is 0. The summed E-state index contributed by atoms with van der Waals surface area (Å²) in [5.41, 5.74) is 0.0894. The molecular formula is C15H23N3O4. The summed E-state index contributed by atoms with van der Waals surface area (Å²) >= 11 is 0. The number of aromatic nitrogens is 1. The highest BCUT2D eigenvalue weighted by molar-refractivity contribution is 5.86. The quantitative estimate of drug-likeness (QED) is 0.923. The molecule has 1 aromatic rings. The van der Waals surface area contributed by atoms with E-state index in [1.165, 1.54) is 4.90 Å². The summed E-state index contributed by atoms with van der Waals surface area (Å²) in [5, 5.41) is 6.61. The van der Waals surface area contributed by atoms with Crippen molar-refractivity contribution < 1.29 is 18.8 Å². The van der Waals surface area contributed by atoms with Crippen LogP contribution in [0.1, 0.15) is 45.1 Å². The van der Waals surface area contributed by atoms with Crippen molar-refractivity contribution in [1.29, 1.82) is 0 Å². The zero-order chi connectivity index (χ0) is 16.3. The van der Waals surface area contributed by atoms with Crippen LogP contribution >= 0.6 is 0 Å². The molecule has 1 atom stereocenters. The molecule has 122 valence electrons. The van der Waals surface area contributed by atoms with E-state index in [1.807, 2.05) is 20.8 Å². The first-order valence-corrected chi connectivity index (χ1v) is 7.46. The Hall–Kier alpha value is -2.05. The maximum atomic E-state index is 12.3. The predicted molar refractivity (Wildman–Crippen MR) is 79.0 cm³/mol. The highest BCUT2D eigenvalue weighted by Gasteiger charge is 2.36. The van der Waals surface area contributed by atoms with Crippen molar-refractivity contribution in [1.82, 2.24) is 15.4 Å². The molecule has 0 aromatic carbocycles. The molecule has 1 aromatic heterocycles. The lowest BCUT2D eigenvalue weighted by Crippen LogP contribution is -2.47. The molecule has 7 heteroatoms. The number of amides is 2. The smallest absolute Gasteiger partial charge is 0.410 e. The largest absolute Gasteiger partial charge is 0.444 e. The number of aryl methyl sites for hydroxylation is 1. The Kier molecular flexibility index (Phi) is 4.73. The Bertz CT molecular complexity index is 547. The molecule has 22 heavy (non-hydrogen) atoms. The van der Waals surface area contributed by atoms with Gasteiger partial charge in [0.05, 0.1) is 6.54 Å². The average molecular weight is 309 g/mol. The third kappa shape index (κ3) is 4.22. The fourth-order valence-electron chi connectivity index (χ4n) is 2.38. The Morgan fingerprint density at radius 1 is 1.50 bits per heavy atom. The van der Waals surface area contributed by atoms with Crippen LogP contribution in [0, 0.1) is 6.92 Å². The van der Waals surface area contributed by atoms with Crippen molar-refractivity contribution in [2.45, 2.75) is 58.7 Å². The Morgan fingerprint density at radius 3 is 2.82 bits per heavy atom. The van der Waals surface area contributed by atoms with Gasteiger partial charge in [0.25, 0.3) is 0 Å². The summed E-state index contributed by atoms with van der Waals surface area (Å²) in [4.78, 5) is 25.9. The van der Waals surface area contributed by atoms with Gasteiger partial charge in [-0.05, 0) is 40.5 Å². The van der Waals surface area contributed by atoms with Crippen molar-refractivity contribution in [3.8, 4) is 0 Å². The van der Waals surface area contributed by atoms with Gasteiger partial charge in [0, 0.05) is 12.6 Å². The van der Waals surface area contributed by atoms with E-state index in [2.05, 4.69) is 10.5 Å². The van der Waals surface area contributed by atoms with Gasteiger partial charge in [-0.25, -0.2) is 4.79 Å². The van der Waals surface area contributed by atoms with Crippen molar-refractivity contribution >= 4 is 12.0 Å². The molecule has 7 nitrogen and oxygen atoms in total. The first kappa shape index (κ1) is 16.3. The van der Waals surface area contributed by atoms with Gasteiger partial charge in [-0.2, -0.15) is 0 Å². The predicted octanol–water partition coefficient (Wildman–Crippen LogP) is 2.00. The monoisotopic (exact) mass is 309 g/mol. The second kappa shape index (κ2) is 6.37. The minimum Gasteiger partial charge on any atom is -0.444 e. The van der Waals surface area contributed by atoms with Gasteiger partial charge in [-0.15, -0.1) is 0 Å². The minimum atomic E-state index is -0.570. The van der Waals surface area contributed by atoms with Crippen molar-refractivity contribution in [2.24, 2.45) is 0 Å². The molecule has 0 spiro atoms. The lowest BCUT2D eigenvalue weighted by molar-refractivity contribution is -0.125. The molecule has 2 amide bonds. The molecule has 1 N–H and O–H groups in total. The van der Waals surface area contributed by atoms with Gasteiger partial charge < -0.3 is 14.6 Å². The Morgan fingerprint density at radius 2 is 2.23 bits per heavy atom. The molecule has 1 saturated heterocycles. The summed E-state index contributed by atoms with van der Waals surface area (Å²) in [6.07, 6.45) is 0.992. The molecule has 1 fully saturated rings. The Balaban J connectivity index is 1.91. The third-order valence-electron chi connectivity index (χ3n) is 3.30. The van der Waals surface area contributed by atoms with Crippen LogP contribution in [-0.4, -0.2) is 40.2 Å². The van der Waals surface area contributed by atoms with Gasteiger partial charge >= 0.3 is 6.09 Å². The van der Waals surface area contributed by atoms with Gasteiger partial charge in [0.15, 0.2) is 0 Å². The van der Waals surface area contributed by atoms with Crippen LogP contribution in [0.4, 0.5) is 4.79 Å². The van der Waals surface area contributed by atoms with E-state index in [9.17, 15) is 9.59 Å². The van der Waals surface area contributed by atoms with Crippen molar-refractivity contribution in [2.75, 3.05) is 6.54 Å². The molecule has 0 aliphatic carbocycles. The van der Waals surface area contributed by atoms with Gasteiger partial charge in [0.1, 0.15) is 23.1 Å². The minimum absolute atomic E-state index is 0.191. The summed E-state index contributed by atoms with van der Waals surface area (Å²) in [5.74, 6) is 0.504. The zero-order valence-electron chi connectivity index (χ0n) is 13.5. The first-order valence-electron chi connectivity index (χ1n) is 7.46. The van der Waals surface area contributed by atoms with E-state index in [1.54, 1.807) is 13.0 Å². The number of carbonyl (C=O) groups excluding carboxylic acids is 2. The average Bonchev–Trinajstić information content (AvgIpc) is 3.02. The van der Waals surface area contributed by atoms with Gasteiger partial charge in [0.2, 0.25) is 5.91 Å². The summed E-state index contributed by atoms with van der Waals surface area (Å²) in [6.45, 7) is 8.04. The van der Waals surface area contributed by atoms with Crippen LogP contribution in [0.3, 0.4) is 0 Å². The lowest BCUT2D eigenvalue weighted by atomic mass is 10.2. The van der Waals surface area contributed by atoms with Crippen LogP contribution in [0.2, 0.25) is 0 Å². The number of carbonyl (C=O) groups is 2. The topological polar surface area (TPSA) is 84.7 Å². The first-order chi connectivity index (χ1) is 10.3. The maximum absolute atomic E-state index is 12.3. The van der Waals surface area contributed by atoms with Crippen molar-refractivity contribution in [3.05, 3.63) is 17.5 Å². The number of nitrogens with zero attached hydrogens (tertiary/aromatic N) is 2. The van der Waals surface area contributed by atoms with E-state index in [4.69, 9.17) is 9.26 Å². The number of likely N-dealkylation sites (tertiary alicyclic amines) is 1. The van der Waals surface area contributed by atoms with E-state index in [0.29, 0.717) is 24.4 Å². The van der Waals surface area contributed by atoms with Gasteiger partial charge in [-0.1, -0.05) is 5.16 Å². The molecule has 2 heterocycles. The number of hydrogen-bond acceptors (Lipinski definition) is 5. The van der Waals surface area contributed by atoms with Gasteiger partial charge in [-0.3, -0.25) is 9.69 Å². The van der Waals surface area contributed by atoms with Crippen LogP contribution in [0.25, 0.3) is 0 Å². The molecule has 0 saturated carbocycles. The van der Waals surface area contributed by atoms with E-state index < -0.39 is 17.7 Å². The molecular weight excluding hydrogens is 286 g/mol. The van der Waals surface area contributed by atoms with E-state index >= 15 is 0 Å². The molecule has 2 rings (SSSR count). The molecule has 0 unspecified atom stereocenters.